The van der Waals surface area contributed by atoms with Crippen LogP contribution in [0, 0.1) is 0 Å². The van der Waals surface area contributed by atoms with E-state index in [9.17, 15) is 4.79 Å². The molecule has 112 valence electrons. The minimum absolute atomic E-state index is 0.0907. The standard InChI is InChI=1S/C14H22N2O4/c1-18-9-10-20-8-7-15-11-14(17)16-12-3-5-13(19-2)6-4-12/h3-6,15H,7-11H2,1-2H3,(H,16,17). The third-order valence-electron chi connectivity index (χ3n) is 2.51. The van der Waals surface area contributed by atoms with Crippen LogP contribution in [0.1, 0.15) is 0 Å². The van der Waals surface area contributed by atoms with Crippen molar-refractivity contribution in [1.29, 1.82) is 0 Å². The first-order valence-electron chi connectivity index (χ1n) is 6.47. The topological polar surface area (TPSA) is 68.8 Å². The van der Waals surface area contributed by atoms with Crippen molar-refractivity contribution in [3.63, 3.8) is 0 Å². The molecule has 0 saturated heterocycles. The van der Waals surface area contributed by atoms with Crippen LogP contribution in [0.4, 0.5) is 5.69 Å². The van der Waals surface area contributed by atoms with Gasteiger partial charge in [-0.25, -0.2) is 0 Å². The number of hydrogen-bond acceptors (Lipinski definition) is 5. The molecule has 0 aliphatic rings. The van der Waals surface area contributed by atoms with Crippen LogP contribution in [-0.2, 0) is 14.3 Å². The van der Waals surface area contributed by atoms with E-state index in [4.69, 9.17) is 14.2 Å². The highest BCUT2D eigenvalue weighted by atomic mass is 16.5. The van der Waals surface area contributed by atoms with Gasteiger partial charge in [0.2, 0.25) is 5.91 Å². The Morgan fingerprint density at radius 2 is 1.85 bits per heavy atom. The number of nitrogens with one attached hydrogen (secondary N) is 2. The van der Waals surface area contributed by atoms with Crippen LogP contribution in [0.5, 0.6) is 5.75 Å². The highest BCUT2D eigenvalue weighted by molar-refractivity contribution is 5.92. The lowest BCUT2D eigenvalue weighted by Gasteiger charge is -2.08. The maximum Gasteiger partial charge on any atom is 0.238 e. The zero-order chi connectivity index (χ0) is 14.6. The molecular formula is C14H22N2O4. The van der Waals surface area contributed by atoms with Crippen molar-refractivity contribution in [2.45, 2.75) is 0 Å². The van der Waals surface area contributed by atoms with Crippen molar-refractivity contribution >= 4 is 11.6 Å². The molecule has 0 fully saturated rings. The van der Waals surface area contributed by atoms with E-state index in [1.807, 2.05) is 0 Å². The summed E-state index contributed by atoms with van der Waals surface area (Å²) in [5, 5.41) is 5.79. The molecule has 0 aliphatic heterocycles. The molecule has 1 aromatic rings. The fourth-order valence-corrected chi connectivity index (χ4v) is 1.47. The Morgan fingerprint density at radius 1 is 1.10 bits per heavy atom. The monoisotopic (exact) mass is 282 g/mol. The van der Waals surface area contributed by atoms with Crippen molar-refractivity contribution in [3.8, 4) is 5.75 Å². The summed E-state index contributed by atoms with van der Waals surface area (Å²) in [7, 11) is 3.23. The van der Waals surface area contributed by atoms with Crippen LogP contribution < -0.4 is 15.4 Å². The van der Waals surface area contributed by atoms with Gasteiger partial charge in [-0.2, -0.15) is 0 Å². The number of carbonyl (C=O) groups excluding carboxylic acids is 1. The van der Waals surface area contributed by atoms with Crippen LogP contribution in [-0.4, -0.2) is 53.0 Å². The quantitative estimate of drug-likeness (QED) is 0.624. The maximum absolute atomic E-state index is 11.6. The van der Waals surface area contributed by atoms with Gasteiger partial charge in [-0.05, 0) is 24.3 Å². The lowest BCUT2D eigenvalue weighted by molar-refractivity contribution is -0.115. The van der Waals surface area contributed by atoms with Crippen molar-refractivity contribution in [3.05, 3.63) is 24.3 Å². The smallest absolute Gasteiger partial charge is 0.238 e. The third kappa shape index (κ3) is 7.08. The van der Waals surface area contributed by atoms with E-state index in [0.29, 0.717) is 26.4 Å². The number of anilines is 1. The summed E-state index contributed by atoms with van der Waals surface area (Å²) in [6, 6.07) is 7.19. The minimum atomic E-state index is -0.0907. The number of carbonyl (C=O) groups is 1. The Bertz CT molecular complexity index is 381. The molecule has 1 aromatic carbocycles. The second-order valence-corrected chi connectivity index (χ2v) is 4.06. The molecule has 2 N–H and O–H groups in total. The highest BCUT2D eigenvalue weighted by Gasteiger charge is 2.01. The normalized spacial score (nSPS) is 10.3. The van der Waals surface area contributed by atoms with Gasteiger partial charge >= 0.3 is 0 Å². The van der Waals surface area contributed by atoms with E-state index < -0.39 is 0 Å². The highest BCUT2D eigenvalue weighted by Crippen LogP contribution is 2.14. The van der Waals surface area contributed by atoms with Crippen molar-refractivity contribution in [2.24, 2.45) is 0 Å². The molecule has 6 heteroatoms. The molecule has 0 aliphatic carbocycles. The van der Waals surface area contributed by atoms with Crippen molar-refractivity contribution < 1.29 is 19.0 Å². The molecule has 0 atom stereocenters. The Hall–Kier alpha value is -1.63. The van der Waals surface area contributed by atoms with Gasteiger partial charge in [-0.1, -0.05) is 0 Å². The van der Waals surface area contributed by atoms with Crippen molar-refractivity contribution in [1.82, 2.24) is 5.32 Å². The Labute approximate surface area is 119 Å². The molecule has 0 saturated carbocycles. The summed E-state index contributed by atoms with van der Waals surface area (Å²) in [5.74, 6) is 0.668. The van der Waals surface area contributed by atoms with E-state index in [1.165, 1.54) is 0 Å². The van der Waals surface area contributed by atoms with E-state index >= 15 is 0 Å². The second kappa shape index (κ2) is 10.2. The molecule has 6 nitrogen and oxygen atoms in total. The van der Waals surface area contributed by atoms with Gasteiger partial charge in [0.1, 0.15) is 5.75 Å². The van der Waals surface area contributed by atoms with Crippen LogP contribution in [0.15, 0.2) is 24.3 Å². The zero-order valence-corrected chi connectivity index (χ0v) is 12.0. The first-order valence-corrected chi connectivity index (χ1v) is 6.47. The molecule has 0 heterocycles. The molecule has 1 amide bonds. The van der Waals surface area contributed by atoms with E-state index in [0.717, 1.165) is 11.4 Å². The Balaban J connectivity index is 2.10. The van der Waals surface area contributed by atoms with E-state index in [2.05, 4.69) is 10.6 Å². The number of ether oxygens (including phenoxy) is 3. The predicted molar refractivity (Wildman–Crippen MR) is 77.2 cm³/mol. The summed E-state index contributed by atoms with van der Waals surface area (Å²) < 4.78 is 15.2. The molecule has 0 bridgehead atoms. The van der Waals surface area contributed by atoms with Crippen molar-refractivity contribution in [2.75, 3.05) is 52.4 Å². The summed E-state index contributed by atoms with van der Waals surface area (Å²) in [5.41, 5.74) is 0.744. The van der Waals surface area contributed by atoms with Gasteiger partial charge in [0, 0.05) is 19.3 Å². The third-order valence-corrected chi connectivity index (χ3v) is 2.51. The van der Waals surface area contributed by atoms with Gasteiger partial charge in [0.05, 0.1) is 33.5 Å². The molecular weight excluding hydrogens is 260 g/mol. The first kappa shape index (κ1) is 16.4. The van der Waals surface area contributed by atoms with Crippen LogP contribution in [0.3, 0.4) is 0 Å². The molecule has 0 radical (unpaired) electrons. The SMILES string of the molecule is COCCOCCNCC(=O)Nc1ccc(OC)cc1. The molecule has 0 spiro atoms. The first-order chi connectivity index (χ1) is 9.76. The van der Waals surface area contributed by atoms with Gasteiger partial charge < -0.3 is 24.8 Å². The molecule has 1 rings (SSSR count). The average Bonchev–Trinajstić information content (AvgIpc) is 2.47. The molecule has 20 heavy (non-hydrogen) atoms. The predicted octanol–water partition coefficient (Wildman–Crippen LogP) is 0.886. The fourth-order valence-electron chi connectivity index (χ4n) is 1.47. The number of rotatable bonds is 10. The Kier molecular flexibility index (Phi) is 8.37. The summed E-state index contributed by atoms with van der Waals surface area (Å²) in [6.45, 7) is 2.58. The second-order valence-electron chi connectivity index (χ2n) is 4.06. The number of benzene rings is 1. The largest absolute Gasteiger partial charge is 0.497 e. The lowest BCUT2D eigenvalue weighted by atomic mass is 10.3. The van der Waals surface area contributed by atoms with E-state index in [1.54, 1.807) is 38.5 Å². The Morgan fingerprint density at radius 3 is 2.50 bits per heavy atom. The van der Waals surface area contributed by atoms with Crippen LogP contribution in [0.2, 0.25) is 0 Å². The zero-order valence-electron chi connectivity index (χ0n) is 12.0. The maximum atomic E-state index is 11.6. The lowest BCUT2D eigenvalue weighted by Crippen LogP contribution is -2.30. The summed E-state index contributed by atoms with van der Waals surface area (Å²) in [6.07, 6.45) is 0. The van der Waals surface area contributed by atoms with Crippen LogP contribution >= 0.6 is 0 Å². The number of hydrogen-bond donors (Lipinski definition) is 2. The summed E-state index contributed by atoms with van der Waals surface area (Å²) >= 11 is 0. The fraction of sp³-hybridized carbons (Fsp3) is 0.500. The minimum Gasteiger partial charge on any atom is -0.497 e. The number of amides is 1. The van der Waals surface area contributed by atoms with E-state index in [-0.39, 0.29) is 12.5 Å². The molecule has 0 aromatic heterocycles. The van der Waals surface area contributed by atoms with Gasteiger partial charge in [-0.3, -0.25) is 4.79 Å². The average molecular weight is 282 g/mol. The molecule has 0 unspecified atom stereocenters. The van der Waals surface area contributed by atoms with Gasteiger partial charge in [0.15, 0.2) is 0 Å². The number of methoxy groups -OCH3 is 2. The van der Waals surface area contributed by atoms with Gasteiger partial charge in [-0.15, -0.1) is 0 Å². The van der Waals surface area contributed by atoms with Gasteiger partial charge in [0.25, 0.3) is 0 Å². The summed E-state index contributed by atoms with van der Waals surface area (Å²) in [4.78, 5) is 11.6. The van der Waals surface area contributed by atoms with Crippen LogP contribution in [0.25, 0.3) is 0 Å².